The van der Waals surface area contributed by atoms with Gasteiger partial charge in [0.1, 0.15) is 0 Å². The number of hydrogen-bond acceptors (Lipinski definition) is 3. The molecule has 0 radical (unpaired) electrons. The average Bonchev–Trinajstić information content (AvgIpc) is 3.26. The SMILES string of the molecule is CCNC1CCC(C)CC1N(CCOC)C(C)C1CC1. The Kier molecular flexibility index (Phi) is 6.31. The van der Waals surface area contributed by atoms with Crippen molar-refractivity contribution < 1.29 is 4.74 Å². The zero-order valence-corrected chi connectivity index (χ0v) is 13.9. The molecule has 0 saturated heterocycles. The zero-order valence-electron chi connectivity index (χ0n) is 13.9. The summed E-state index contributed by atoms with van der Waals surface area (Å²) in [5.74, 6) is 1.80. The van der Waals surface area contributed by atoms with Crippen molar-refractivity contribution in [2.45, 2.75) is 71.0 Å². The van der Waals surface area contributed by atoms with Gasteiger partial charge in [0.05, 0.1) is 6.61 Å². The molecule has 3 heteroatoms. The number of hydrogen-bond donors (Lipinski definition) is 1. The van der Waals surface area contributed by atoms with E-state index in [1.54, 1.807) is 0 Å². The average molecular weight is 282 g/mol. The van der Waals surface area contributed by atoms with E-state index in [0.717, 1.165) is 37.6 Å². The van der Waals surface area contributed by atoms with Gasteiger partial charge in [-0.3, -0.25) is 4.90 Å². The lowest BCUT2D eigenvalue weighted by Crippen LogP contribution is -2.56. The lowest BCUT2D eigenvalue weighted by molar-refractivity contribution is 0.0373. The first-order valence-electron chi connectivity index (χ1n) is 8.65. The summed E-state index contributed by atoms with van der Waals surface area (Å²) in [6, 6.07) is 2.10. The smallest absolute Gasteiger partial charge is 0.0589 e. The third kappa shape index (κ3) is 4.19. The summed E-state index contributed by atoms with van der Waals surface area (Å²) < 4.78 is 5.37. The van der Waals surface area contributed by atoms with E-state index in [2.05, 4.69) is 31.0 Å². The molecular weight excluding hydrogens is 248 g/mol. The van der Waals surface area contributed by atoms with Crippen LogP contribution in [0.5, 0.6) is 0 Å². The van der Waals surface area contributed by atoms with E-state index in [9.17, 15) is 0 Å². The Labute approximate surface area is 125 Å². The molecule has 0 heterocycles. The minimum Gasteiger partial charge on any atom is -0.383 e. The highest BCUT2D eigenvalue weighted by molar-refractivity contribution is 4.95. The van der Waals surface area contributed by atoms with Crippen LogP contribution in [-0.2, 0) is 4.74 Å². The normalized spacial score (nSPS) is 32.5. The molecule has 2 rings (SSSR count). The van der Waals surface area contributed by atoms with Crippen LogP contribution in [0, 0.1) is 11.8 Å². The molecule has 118 valence electrons. The Morgan fingerprint density at radius 2 is 2.00 bits per heavy atom. The number of nitrogens with zero attached hydrogens (tertiary/aromatic N) is 1. The monoisotopic (exact) mass is 282 g/mol. The van der Waals surface area contributed by atoms with E-state index in [1.165, 1.54) is 32.1 Å². The largest absolute Gasteiger partial charge is 0.383 e. The molecule has 0 spiro atoms. The summed E-state index contributed by atoms with van der Waals surface area (Å²) in [5, 5.41) is 3.74. The van der Waals surface area contributed by atoms with Crippen molar-refractivity contribution in [2.24, 2.45) is 11.8 Å². The van der Waals surface area contributed by atoms with Crippen molar-refractivity contribution in [3.63, 3.8) is 0 Å². The number of likely N-dealkylation sites (N-methyl/N-ethyl adjacent to an activating group) is 1. The van der Waals surface area contributed by atoms with E-state index >= 15 is 0 Å². The maximum absolute atomic E-state index is 5.37. The molecule has 1 N–H and O–H groups in total. The van der Waals surface area contributed by atoms with Gasteiger partial charge in [-0.1, -0.05) is 13.8 Å². The minimum absolute atomic E-state index is 0.675. The molecule has 2 fully saturated rings. The molecule has 20 heavy (non-hydrogen) atoms. The first-order valence-corrected chi connectivity index (χ1v) is 8.65. The fourth-order valence-corrected chi connectivity index (χ4v) is 3.94. The third-order valence-corrected chi connectivity index (χ3v) is 5.35. The lowest BCUT2D eigenvalue weighted by atomic mass is 9.81. The van der Waals surface area contributed by atoms with E-state index in [0.29, 0.717) is 12.1 Å². The van der Waals surface area contributed by atoms with Crippen LogP contribution in [0.4, 0.5) is 0 Å². The maximum atomic E-state index is 5.37. The second-order valence-electron chi connectivity index (χ2n) is 6.96. The van der Waals surface area contributed by atoms with Crippen molar-refractivity contribution in [2.75, 3.05) is 26.8 Å². The highest BCUT2D eigenvalue weighted by Crippen LogP contribution is 2.38. The Hall–Kier alpha value is -0.120. The molecule has 0 aromatic heterocycles. The minimum atomic E-state index is 0.675. The highest BCUT2D eigenvalue weighted by Gasteiger charge is 2.39. The maximum Gasteiger partial charge on any atom is 0.0589 e. The van der Waals surface area contributed by atoms with Crippen molar-refractivity contribution in [3.8, 4) is 0 Å². The summed E-state index contributed by atoms with van der Waals surface area (Å²) >= 11 is 0. The summed E-state index contributed by atoms with van der Waals surface area (Å²) in [6.45, 7) is 10.1. The van der Waals surface area contributed by atoms with Gasteiger partial charge in [0.2, 0.25) is 0 Å². The molecule has 0 amide bonds. The molecule has 2 aliphatic rings. The van der Waals surface area contributed by atoms with Gasteiger partial charge < -0.3 is 10.1 Å². The van der Waals surface area contributed by atoms with Crippen LogP contribution in [0.2, 0.25) is 0 Å². The quantitative estimate of drug-likeness (QED) is 0.741. The van der Waals surface area contributed by atoms with Gasteiger partial charge in [0.15, 0.2) is 0 Å². The van der Waals surface area contributed by atoms with Crippen LogP contribution in [0.15, 0.2) is 0 Å². The Bertz CT molecular complexity index is 280. The van der Waals surface area contributed by atoms with Crippen LogP contribution in [0.3, 0.4) is 0 Å². The van der Waals surface area contributed by atoms with Crippen molar-refractivity contribution in [3.05, 3.63) is 0 Å². The van der Waals surface area contributed by atoms with Gasteiger partial charge >= 0.3 is 0 Å². The van der Waals surface area contributed by atoms with Gasteiger partial charge in [-0.05, 0) is 57.4 Å². The molecule has 0 aromatic rings. The molecule has 2 aliphatic carbocycles. The number of nitrogens with one attached hydrogen (secondary N) is 1. The summed E-state index contributed by atoms with van der Waals surface area (Å²) in [4.78, 5) is 2.77. The second kappa shape index (κ2) is 7.77. The molecule has 0 bridgehead atoms. The van der Waals surface area contributed by atoms with Gasteiger partial charge in [0.25, 0.3) is 0 Å². The molecule has 0 aliphatic heterocycles. The first kappa shape index (κ1) is 16.3. The molecule has 4 unspecified atom stereocenters. The van der Waals surface area contributed by atoms with Crippen LogP contribution >= 0.6 is 0 Å². The third-order valence-electron chi connectivity index (χ3n) is 5.35. The van der Waals surface area contributed by atoms with Gasteiger partial charge in [-0.2, -0.15) is 0 Å². The predicted octanol–water partition coefficient (Wildman–Crippen LogP) is 2.90. The topological polar surface area (TPSA) is 24.5 Å². The van der Waals surface area contributed by atoms with Crippen molar-refractivity contribution in [1.82, 2.24) is 10.2 Å². The van der Waals surface area contributed by atoms with Gasteiger partial charge in [-0.25, -0.2) is 0 Å². The fourth-order valence-electron chi connectivity index (χ4n) is 3.94. The zero-order chi connectivity index (χ0) is 14.5. The highest BCUT2D eigenvalue weighted by atomic mass is 16.5. The molecule has 3 nitrogen and oxygen atoms in total. The van der Waals surface area contributed by atoms with Crippen LogP contribution < -0.4 is 5.32 Å². The molecular formula is C17H34N2O. The number of rotatable bonds is 8. The number of ether oxygens (including phenoxy) is 1. The van der Waals surface area contributed by atoms with Crippen LogP contribution in [0.1, 0.15) is 52.9 Å². The summed E-state index contributed by atoms with van der Waals surface area (Å²) in [7, 11) is 1.82. The van der Waals surface area contributed by atoms with Crippen LogP contribution in [0.25, 0.3) is 0 Å². The van der Waals surface area contributed by atoms with Crippen molar-refractivity contribution in [1.29, 1.82) is 0 Å². The van der Waals surface area contributed by atoms with E-state index in [1.807, 2.05) is 7.11 Å². The van der Waals surface area contributed by atoms with Gasteiger partial charge in [-0.15, -0.1) is 0 Å². The number of methoxy groups -OCH3 is 1. The van der Waals surface area contributed by atoms with E-state index < -0.39 is 0 Å². The van der Waals surface area contributed by atoms with E-state index in [-0.39, 0.29) is 0 Å². The van der Waals surface area contributed by atoms with Gasteiger partial charge in [0, 0.05) is 31.8 Å². The Balaban J connectivity index is 2.05. The predicted molar refractivity (Wildman–Crippen MR) is 85.0 cm³/mol. The molecule has 0 aromatic carbocycles. The fraction of sp³-hybridized carbons (Fsp3) is 1.00. The Morgan fingerprint density at radius 3 is 2.60 bits per heavy atom. The lowest BCUT2D eigenvalue weighted by Gasteiger charge is -2.45. The Morgan fingerprint density at radius 1 is 1.25 bits per heavy atom. The second-order valence-corrected chi connectivity index (χ2v) is 6.96. The van der Waals surface area contributed by atoms with Crippen LogP contribution in [-0.4, -0.2) is 49.8 Å². The summed E-state index contributed by atoms with van der Waals surface area (Å²) in [6.07, 6.45) is 6.92. The van der Waals surface area contributed by atoms with Crippen molar-refractivity contribution >= 4 is 0 Å². The standard InChI is InChI=1S/C17H34N2O/c1-5-18-16-9-6-13(2)12-17(16)19(10-11-20-4)14(3)15-7-8-15/h13-18H,5-12H2,1-4H3. The first-order chi connectivity index (χ1) is 9.67. The van der Waals surface area contributed by atoms with E-state index in [4.69, 9.17) is 4.74 Å². The molecule has 4 atom stereocenters. The molecule has 2 saturated carbocycles. The summed E-state index contributed by atoms with van der Waals surface area (Å²) in [5.41, 5.74) is 0.